The Labute approximate surface area is 189 Å². The summed E-state index contributed by atoms with van der Waals surface area (Å²) in [5, 5.41) is 11.6. The van der Waals surface area contributed by atoms with E-state index in [1.807, 2.05) is 18.2 Å². The van der Waals surface area contributed by atoms with Crippen LogP contribution in [0.5, 0.6) is 5.75 Å². The van der Waals surface area contributed by atoms with Crippen molar-refractivity contribution in [2.45, 2.75) is 38.0 Å². The summed E-state index contributed by atoms with van der Waals surface area (Å²) < 4.78 is 13.6. The molecule has 10 heteroatoms. The second kappa shape index (κ2) is 8.28. The largest absolute Gasteiger partial charge is 0.482 e. The lowest BCUT2D eigenvalue weighted by molar-refractivity contribution is 0.0687. The number of carbonyl (C=O) groups excluding carboxylic acids is 1. The fraction of sp³-hybridized carbons (Fsp3) is 0.348. The van der Waals surface area contributed by atoms with E-state index in [1.165, 1.54) is 18.1 Å². The first-order valence-corrected chi connectivity index (χ1v) is 11.1. The molecule has 0 aliphatic carbocycles. The van der Waals surface area contributed by atoms with Gasteiger partial charge in [0, 0.05) is 30.4 Å². The van der Waals surface area contributed by atoms with Crippen molar-refractivity contribution in [2.24, 2.45) is 0 Å². The van der Waals surface area contributed by atoms with Crippen LogP contribution in [0.25, 0.3) is 5.78 Å². The Kier molecular flexibility index (Phi) is 4.99. The molecule has 1 saturated heterocycles. The van der Waals surface area contributed by atoms with E-state index >= 15 is 0 Å². The zero-order valence-corrected chi connectivity index (χ0v) is 17.9. The van der Waals surface area contributed by atoms with Gasteiger partial charge in [-0.1, -0.05) is 17.3 Å². The Hall–Kier alpha value is -3.79. The molecule has 0 spiro atoms. The van der Waals surface area contributed by atoms with Crippen LogP contribution in [0.1, 0.15) is 46.3 Å². The molecule has 0 bridgehead atoms. The molecule has 6 rings (SSSR count). The summed E-state index contributed by atoms with van der Waals surface area (Å²) in [6.07, 6.45) is 7.27. The third kappa shape index (κ3) is 3.62. The Bertz CT molecular complexity index is 1280. The first-order chi connectivity index (χ1) is 16.3. The highest BCUT2D eigenvalue weighted by atomic mass is 16.5. The molecule has 0 radical (unpaired) electrons. The molecule has 1 amide bonds. The maximum Gasteiger partial charge on any atom is 0.292 e. The fourth-order valence-electron chi connectivity index (χ4n) is 4.74. The summed E-state index contributed by atoms with van der Waals surface area (Å²) in [7, 11) is 0. The van der Waals surface area contributed by atoms with Gasteiger partial charge in [0.25, 0.3) is 11.7 Å². The second-order valence-electron chi connectivity index (χ2n) is 8.33. The van der Waals surface area contributed by atoms with Crippen molar-refractivity contribution in [3.63, 3.8) is 0 Å². The van der Waals surface area contributed by atoms with Crippen LogP contribution < -0.4 is 10.1 Å². The van der Waals surface area contributed by atoms with Gasteiger partial charge < -0.3 is 19.5 Å². The van der Waals surface area contributed by atoms with Gasteiger partial charge >= 0.3 is 0 Å². The molecule has 2 aliphatic rings. The highest BCUT2D eigenvalue weighted by molar-refractivity contribution is 5.91. The predicted octanol–water partition coefficient (Wildman–Crippen LogP) is 2.18. The van der Waals surface area contributed by atoms with Crippen LogP contribution in [-0.2, 0) is 13.0 Å². The van der Waals surface area contributed by atoms with Gasteiger partial charge in [-0.05, 0) is 43.5 Å². The van der Waals surface area contributed by atoms with Crippen LogP contribution in [0.4, 0.5) is 0 Å². The smallest absolute Gasteiger partial charge is 0.292 e. The van der Waals surface area contributed by atoms with E-state index in [-0.39, 0.29) is 23.8 Å². The Morgan fingerprint density at radius 3 is 3.03 bits per heavy atom. The summed E-state index contributed by atoms with van der Waals surface area (Å²) in [6.45, 7) is 2.01. The van der Waals surface area contributed by atoms with Crippen molar-refractivity contribution in [2.75, 3.05) is 13.1 Å². The van der Waals surface area contributed by atoms with Crippen molar-refractivity contribution in [3.05, 3.63) is 71.6 Å². The quantitative estimate of drug-likeness (QED) is 0.498. The van der Waals surface area contributed by atoms with Crippen LogP contribution in [0, 0.1) is 0 Å². The van der Waals surface area contributed by atoms with Crippen molar-refractivity contribution >= 4 is 11.7 Å². The minimum absolute atomic E-state index is 0.131. The maximum absolute atomic E-state index is 12.9. The topological polar surface area (TPSA) is 111 Å². The number of fused-ring (bicyclic) bond motifs is 2. The molecule has 3 aromatic heterocycles. The van der Waals surface area contributed by atoms with Crippen LogP contribution in [0.2, 0.25) is 0 Å². The average Bonchev–Trinajstić information content (AvgIpc) is 3.64. The van der Waals surface area contributed by atoms with E-state index in [4.69, 9.17) is 9.26 Å². The van der Waals surface area contributed by atoms with Gasteiger partial charge in [0.15, 0.2) is 6.10 Å². The molecule has 1 fully saturated rings. The molecule has 4 aromatic rings. The first kappa shape index (κ1) is 19.9. The van der Waals surface area contributed by atoms with Gasteiger partial charge in [-0.25, -0.2) is 4.98 Å². The van der Waals surface area contributed by atoms with Crippen LogP contribution in [0.15, 0.2) is 53.6 Å². The summed E-state index contributed by atoms with van der Waals surface area (Å²) in [5.74, 6) is 1.39. The zero-order valence-electron chi connectivity index (χ0n) is 17.9. The molecule has 1 unspecified atom stereocenters. The Morgan fingerprint density at radius 2 is 2.18 bits per heavy atom. The minimum atomic E-state index is -0.286. The molecular weight excluding hydrogens is 422 g/mol. The van der Waals surface area contributed by atoms with Gasteiger partial charge in [0.05, 0.1) is 18.4 Å². The van der Waals surface area contributed by atoms with Gasteiger partial charge in [0.1, 0.15) is 12.1 Å². The third-order valence-corrected chi connectivity index (χ3v) is 6.38. The molecule has 33 heavy (non-hydrogen) atoms. The number of hydrogen-bond donors (Lipinski definition) is 1. The number of ether oxygens (including phenoxy) is 1. The predicted molar refractivity (Wildman–Crippen MR) is 117 cm³/mol. The monoisotopic (exact) mass is 445 g/mol. The molecule has 5 heterocycles. The number of nitrogens with one attached hydrogen (secondary N) is 1. The van der Waals surface area contributed by atoms with E-state index in [0.717, 1.165) is 42.8 Å². The van der Waals surface area contributed by atoms with E-state index in [9.17, 15) is 4.79 Å². The number of carbonyl (C=O) groups is 1. The van der Waals surface area contributed by atoms with Gasteiger partial charge in [-0.3, -0.25) is 4.79 Å². The van der Waals surface area contributed by atoms with Gasteiger partial charge in [-0.15, -0.1) is 0 Å². The summed E-state index contributed by atoms with van der Waals surface area (Å²) >= 11 is 0. The number of aromatic nitrogens is 5. The zero-order chi connectivity index (χ0) is 22.2. The highest BCUT2D eigenvalue weighted by Gasteiger charge is 2.32. The summed E-state index contributed by atoms with van der Waals surface area (Å²) in [5.41, 5.74) is 3.09. The van der Waals surface area contributed by atoms with Crippen molar-refractivity contribution in [3.8, 4) is 5.75 Å². The fourth-order valence-corrected chi connectivity index (χ4v) is 4.74. The maximum atomic E-state index is 12.9. The number of benzene rings is 1. The average molecular weight is 445 g/mol. The van der Waals surface area contributed by atoms with E-state index < -0.39 is 0 Å². The molecule has 0 saturated carbocycles. The van der Waals surface area contributed by atoms with Crippen LogP contribution in [-0.4, -0.2) is 54.7 Å². The molecule has 2 aliphatic heterocycles. The Balaban J connectivity index is 1.35. The summed E-state index contributed by atoms with van der Waals surface area (Å²) in [4.78, 5) is 23.2. The van der Waals surface area contributed by atoms with Crippen molar-refractivity contribution in [1.82, 2.24) is 35.0 Å². The number of rotatable bonds is 5. The first-order valence-electron chi connectivity index (χ1n) is 11.1. The molecule has 1 aromatic carbocycles. The lowest BCUT2D eigenvalue weighted by Gasteiger charge is -2.32. The number of amides is 1. The second-order valence-corrected chi connectivity index (χ2v) is 8.33. The molecule has 10 nitrogen and oxygen atoms in total. The number of nitrogens with zero attached hydrogens (tertiary/aromatic N) is 6. The van der Waals surface area contributed by atoms with Crippen LogP contribution >= 0.6 is 0 Å². The molecule has 168 valence electrons. The van der Waals surface area contributed by atoms with E-state index in [0.29, 0.717) is 18.9 Å². The van der Waals surface area contributed by atoms with Crippen molar-refractivity contribution in [1.29, 1.82) is 0 Å². The summed E-state index contributed by atoms with van der Waals surface area (Å²) in [6, 6.07) is 9.74. The molecule has 1 N–H and O–H groups in total. The van der Waals surface area contributed by atoms with Gasteiger partial charge in [0.2, 0.25) is 5.76 Å². The minimum Gasteiger partial charge on any atom is -0.482 e. The molecule has 2 atom stereocenters. The van der Waals surface area contributed by atoms with E-state index in [1.54, 1.807) is 21.7 Å². The SMILES string of the molecule is O=C(c1ccno1)N1CCc2cccc(O[C@@H](c3ccnc4ncnn34)C3CCCN3)c2C1. The number of hydrogen-bond acceptors (Lipinski definition) is 8. The standard InChI is InChI=1S/C23H23N7O3/c31-22(20-7-11-28-33-20)29-12-8-15-3-1-5-19(16(15)13-29)32-21(17-4-2-9-24-17)18-6-10-25-23-26-14-27-30(18)23/h1,3,5-7,10-11,14,17,21,24H,2,4,8-9,12-13H2/t17?,21-/m1/s1. The normalized spacial score (nSPS) is 18.9. The highest BCUT2D eigenvalue weighted by Crippen LogP contribution is 2.34. The lowest BCUT2D eigenvalue weighted by atomic mass is 9.98. The lowest BCUT2D eigenvalue weighted by Crippen LogP contribution is -2.37. The van der Waals surface area contributed by atoms with Crippen LogP contribution in [0.3, 0.4) is 0 Å². The molecular formula is C23H23N7O3. The van der Waals surface area contributed by atoms with Crippen molar-refractivity contribution < 1.29 is 14.1 Å². The third-order valence-electron chi connectivity index (χ3n) is 6.38. The Morgan fingerprint density at radius 1 is 1.21 bits per heavy atom. The van der Waals surface area contributed by atoms with E-state index in [2.05, 4.69) is 31.6 Å². The van der Waals surface area contributed by atoms with Gasteiger partial charge in [-0.2, -0.15) is 14.6 Å².